The normalized spacial score (nSPS) is 16.2. The molecule has 0 saturated carbocycles. The summed E-state index contributed by atoms with van der Waals surface area (Å²) in [5, 5.41) is 1.07. The van der Waals surface area contributed by atoms with Gasteiger partial charge in [-0.15, -0.1) is 11.3 Å². The Kier molecular flexibility index (Phi) is 4.80. The lowest BCUT2D eigenvalue weighted by atomic mass is 10.1. The Bertz CT molecular complexity index is 587. The average Bonchev–Trinajstić information content (AvgIpc) is 2.95. The Morgan fingerprint density at radius 2 is 2.10 bits per heavy atom. The summed E-state index contributed by atoms with van der Waals surface area (Å²) in [6, 6.07) is 8.60. The minimum absolute atomic E-state index is 0.256. The number of hydrogen-bond donors (Lipinski definition) is 0. The van der Waals surface area contributed by atoms with Crippen molar-refractivity contribution >= 4 is 39.2 Å². The molecule has 21 heavy (non-hydrogen) atoms. The number of thiazole rings is 1. The van der Waals surface area contributed by atoms with Crippen LogP contribution in [0, 0.1) is 0 Å². The molecule has 2 heterocycles. The summed E-state index contributed by atoms with van der Waals surface area (Å²) in [6.07, 6.45) is 3.59. The minimum atomic E-state index is 0.256. The zero-order valence-electron chi connectivity index (χ0n) is 12.2. The van der Waals surface area contributed by atoms with E-state index in [9.17, 15) is 4.79 Å². The maximum atomic E-state index is 12.3. The molecular formula is C16H20N2OS2. The maximum absolute atomic E-state index is 12.3. The van der Waals surface area contributed by atoms with E-state index in [0.29, 0.717) is 12.5 Å². The van der Waals surface area contributed by atoms with Crippen LogP contribution in [0.2, 0.25) is 0 Å². The molecule has 0 N–H and O–H groups in total. The van der Waals surface area contributed by atoms with E-state index in [4.69, 9.17) is 0 Å². The van der Waals surface area contributed by atoms with Crippen molar-refractivity contribution in [2.24, 2.45) is 0 Å². The molecule has 3 nitrogen and oxygen atoms in total. The molecule has 1 aliphatic heterocycles. The monoisotopic (exact) mass is 320 g/mol. The molecule has 0 spiro atoms. The molecule has 1 aliphatic rings. The van der Waals surface area contributed by atoms with Gasteiger partial charge in [0.2, 0.25) is 5.91 Å². The number of aromatic nitrogens is 1. The number of benzene rings is 1. The van der Waals surface area contributed by atoms with Crippen molar-refractivity contribution < 1.29 is 4.79 Å². The highest BCUT2D eigenvalue weighted by atomic mass is 32.2. The molecule has 0 atom stereocenters. The SMILES string of the molecule is CN(C(=O)CCc1nc2ccccc2s1)C1CCSCC1. The van der Waals surface area contributed by atoms with E-state index in [1.165, 1.54) is 16.2 Å². The van der Waals surface area contributed by atoms with Crippen LogP contribution in [-0.2, 0) is 11.2 Å². The minimum Gasteiger partial charge on any atom is -0.343 e. The van der Waals surface area contributed by atoms with Crippen molar-refractivity contribution in [3.8, 4) is 0 Å². The van der Waals surface area contributed by atoms with Crippen LogP contribution in [-0.4, -0.2) is 40.4 Å². The fourth-order valence-electron chi connectivity index (χ4n) is 2.69. The summed E-state index contributed by atoms with van der Waals surface area (Å²) in [5.41, 5.74) is 1.04. The largest absolute Gasteiger partial charge is 0.343 e. The van der Waals surface area contributed by atoms with Crippen molar-refractivity contribution in [2.45, 2.75) is 31.7 Å². The third-order valence-electron chi connectivity index (χ3n) is 4.02. The molecule has 1 fully saturated rings. The van der Waals surface area contributed by atoms with Crippen LogP contribution >= 0.6 is 23.1 Å². The van der Waals surface area contributed by atoms with Crippen LogP contribution < -0.4 is 0 Å². The first-order chi connectivity index (χ1) is 10.2. The van der Waals surface area contributed by atoms with Gasteiger partial charge in [-0.25, -0.2) is 4.98 Å². The van der Waals surface area contributed by atoms with E-state index in [1.807, 2.05) is 41.9 Å². The summed E-state index contributed by atoms with van der Waals surface area (Å²) in [4.78, 5) is 18.9. The highest BCUT2D eigenvalue weighted by molar-refractivity contribution is 7.99. The van der Waals surface area contributed by atoms with E-state index < -0.39 is 0 Å². The van der Waals surface area contributed by atoms with Crippen molar-refractivity contribution in [3.63, 3.8) is 0 Å². The lowest BCUT2D eigenvalue weighted by Gasteiger charge is -2.31. The van der Waals surface area contributed by atoms with Gasteiger partial charge >= 0.3 is 0 Å². The molecule has 0 bridgehead atoms. The molecule has 0 unspecified atom stereocenters. The van der Waals surface area contributed by atoms with Crippen LogP contribution in [0.4, 0.5) is 0 Å². The summed E-state index contributed by atoms with van der Waals surface area (Å²) in [7, 11) is 1.96. The topological polar surface area (TPSA) is 33.2 Å². The first-order valence-corrected chi connectivity index (χ1v) is 9.39. The molecule has 112 valence electrons. The number of amides is 1. The second-order valence-corrected chi connectivity index (χ2v) is 7.76. The van der Waals surface area contributed by atoms with Crippen molar-refractivity contribution in [1.29, 1.82) is 0 Å². The van der Waals surface area contributed by atoms with Gasteiger partial charge in [-0.3, -0.25) is 4.79 Å². The van der Waals surface area contributed by atoms with E-state index >= 15 is 0 Å². The maximum Gasteiger partial charge on any atom is 0.222 e. The number of aryl methyl sites for hydroxylation is 1. The number of rotatable bonds is 4. The number of hydrogen-bond acceptors (Lipinski definition) is 4. The van der Waals surface area contributed by atoms with Gasteiger partial charge in [0.05, 0.1) is 15.2 Å². The number of carbonyl (C=O) groups is 1. The predicted molar refractivity (Wildman–Crippen MR) is 91.1 cm³/mol. The molecule has 1 aromatic heterocycles. The number of para-hydroxylation sites is 1. The highest BCUT2D eigenvalue weighted by Crippen LogP contribution is 2.24. The summed E-state index contributed by atoms with van der Waals surface area (Å²) in [5.74, 6) is 2.62. The fraction of sp³-hybridized carbons (Fsp3) is 0.500. The molecule has 1 amide bonds. The van der Waals surface area contributed by atoms with Gasteiger partial charge in [0.15, 0.2) is 0 Å². The number of nitrogens with zero attached hydrogens (tertiary/aromatic N) is 2. The Balaban J connectivity index is 1.57. The number of fused-ring (bicyclic) bond motifs is 1. The van der Waals surface area contributed by atoms with Crippen LogP contribution in [0.25, 0.3) is 10.2 Å². The molecule has 1 saturated heterocycles. The first-order valence-electron chi connectivity index (χ1n) is 7.42. The Morgan fingerprint density at radius 3 is 2.86 bits per heavy atom. The summed E-state index contributed by atoms with van der Waals surface area (Å²) >= 11 is 3.70. The summed E-state index contributed by atoms with van der Waals surface area (Å²) in [6.45, 7) is 0. The smallest absolute Gasteiger partial charge is 0.222 e. The zero-order valence-corrected chi connectivity index (χ0v) is 13.9. The molecular weight excluding hydrogens is 300 g/mol. The van der Waals surface area contributed by atoms with Crippen LogP contribution in [0.1, 0.15) is 24.3 Å². The second kappa shape index (κ2) is 6.79. The van der Waals surface area contributed by atoms with E-state index in [-0.39, 0.29) is 5.91 Å². The Morgan fingerprint density at radius 1 is 1.33 bits per heavy atom. The fourth-order valence-corrected chi connectivity index (χ4v) is 4.74. The van der Waals surface area contributed by atoms with Gasteiger partial charge in [-0.05, 0) is 36.5 Å². The third-order valence-corrected chi connectivity index (χ3v) is 6.17. The Hall–Kier alpha value is -1.07. The van der Waals surface area contributed by atoms with Crippen LogP contribution in [0.5, 0.6) is 0 Å². The van der Waals surface area contributed by atoms with Gasteiger partial charge in [0.1, 0.15) is 0 Å². The van der Waals surface area contributed by atoms with Gasteiger partial charge < -0.3 is 4.90 Å². The Labute approximate surface area is 133 Å². The van der Waals surface area contributed by atoms with E-state index in [2.05, 4.69) is 11.1 Å². The van der Waals surface area contributed by atoms with Crippen molar-refractivity contribution in [3.05, 3.63) is 29.3 Å². The standard InChI is InChI=1S/C16H20N2OS2/c1-18(12-8-10-20-11-9-12)16(19)7-6-15-17-13-4-2-3-5-14(13)21-15/h2-5,12H,6-11H2,1H3. The average molecular weight is 320 g/mol. The molecule has 0 aliphatic carbocycles. The highest BCUT2D eigenvalue weighted by Gasteiger charge is 2.22. The van der Waals surface area contributed by atoms with Crippen molar-refractivity contribution in [2.75, 3.05) is 18.6 Å². The molecule has 3 rings (SSSR count). The molecule has 5 heteroatoms. The lowest BCUT2D eigenvalue weighted by Crippen LogP contribution is -2.39. The zero-order chi connectivity index (χ0) is 14.7. The quantitative estimate of drug-likeness (QED) is 0.863. The lowest BCUT2D eigenvalue weighted by molar-refractivity contribution is -0.132. The first kappa shape index (κ1) is 14.9. The van der Waals surface area contributed by atoms with Crippen molar-refractivity contribution in [1.82, 2.24) is 9.88 Å². The van der Waals surface area contributed by atoms with E-state index in [0.717, 1.165) is 29.8 Å². The molecule has 1 aromatic carbocycles. The van der Waals surface area contributed by atoms with Gasteiger partial charge in [0.25, 0.3) is 0 Å². The van der Waals surface area contributed by atoms with Gasteiger partial charge in [0, 0.05) is 25.9 Å². The van der Waals surface area contributed by atoms with Gasteiger partial charge in [-0.2, -0.15) is 11.8 Å². The van der Waals surface area contributed by atoms with Crippen LogP contribution in [0.3, 0.4) is 0 Å². The van der Waals surface area contributed by atoms with Crippen LogP contribution in [0.15, 0.2) is 24.3 Å². The van der Waals surface area contributed by atoms with E-state index in [1.54, 1.807) is 11.3 Å². The third kappa shape index (κ3) is 3.58. The second-order valence-electron chi connectivity index (χ2n) is 5.42. The van der Waals surface area contributed by atoms with Gasteiger partial charge in [-0.1, -0.05) is 12.1 Å². The molecule has 0 radical (unpaired) electrons. The number of carbonyl (C=O) groups excluding carboxylic acids is 1. The number of thioether (sulfide) groups is 1. The molecule has 2 aromatic rings. The predicted octanol–water partition coefficient (Wildman–Crippen LogP) is 3.58. The summed E-state index contributed by atoms with van der Waals surface area (Å²) < 4.78 is 1.21.